The zero-order valence-corrected chi connectivity index (χ0v) is 12.4. The molecule has 0 bridgehead atoms. The van der Waals surface area contributed by atoms with E-state index in [1.54, 1.807) is 0 Å². The molecule has 2 heterocycles. The number of allylic oxidation sites excluding steroid dienone is 4. The number of hydrogen-bond acceptors (Lipinski definition) is 0. The Labute approximate surface area is 84.5 Å². The van der Waals surface area contributed by atoms with Crippen LogP contribution >= 0.6 is 0 Å². The summed E-state index contributed by atoms with van der Waals surface area (Å²) in [5.74, 6) is 0. The van der Waals surface area contributed by atoms with E-state index in [-0.39, 0.29) is 45.8 Å². The van der Waals surface area contributed by atoms with E-state index >= 15 is 0 Å². The molecule has 0 saturated carbocycles. The van der Waals surface area contributed by atoms with Crippen LogP contribution in [0.25, 0.3) is 0 Å². The van der Waals surface area contributed by atoms with Crippen molar-refractivity contribution < 1.29 is 0 Å². The van der Waals surface area contributed by atoms with Crippen molar-refractivity contribution in [1.29, 1.82) is 0 Å². The number of rotatable bonds is 0. The van der Waals surface area contributed by atoms with Gasteiger partial charge in [-0.3, -0.25) is 0 Å². The summed E-state index contributed by atoms with van der Waals surface area (Å²) in [6.07, 6.45) is 8.56. The van der Waals surface area contributed by atoms with E-state index in [1.165, 1.54) is 0 Å². The molecule has 0 aromatic carbocycles. The molecular formula is C8H8In2. The van der Waals surface area contributed by atoms with Crippen molar-refractivity contribution in [3.63, 3.8) is 0 Å². The quantitative estimate of drug-likeness (QED) is 0.630. The van der Waals surface area contributed by atoms with Gasteiger partial charge in [0.05, 0.1) is 0 Å². The summed E-state index contributed by atoms with van der Waals surface area (Å²) in [4.78, 5) is 0. The molecule has 46 valence electrons. The Morgan fingerprint density at radius 3 is 0.900 bits per heavy atom. The molecule has 0 fully saturated rings. The monoisotopic (exact) mass is 334 g/mol. The first-order chi connectivity index (χ1) is 5.00. The van der Waals surface area contributed by atoms with Gasteiger partial charge in [-0.05, 0) is 0 Å². The van der Waals surface area contributed by atoms with Gasteiger partial charge in [-0.25, -0.2) is 0 Å². The SMILES string of the molecule is C1=[CH][In][CH]=C1.C1=[CH][In][CH]=C1. The topological polar surface area (TPSA) is 0 Å². The van der Waals surface area contributed by atoms with Crippen molar-refractivity contribution in [3.8, 4) is 0 Å². The van der Waals surface area contributed by atoms with Crippen LogP contribution in [0.4, 0.5) is 0 Å². The van der Waals surface area contributed by atoms with Gasteiger partial charge in [0.15, 0.2) is 0 Å². The first kappa shape index (κ1) is 8.79. The molecule has 2 heteroatoms. The van der Waals surface area contributed by atoms with E-state index in [4.69, 9.17) is 0 Å². The molecule has 2 aliphatic rings. The molecule has 0 unspecified atom stereocenters. The summed E-state index contributed by atoms with van der Waals surface area (Å²) in [5, 5.41) is 0. The second-order valence-corrected chi connectivity index (χ2v) is 8.52. The average Bonchev–Trinajstić information content (AvgIpc) is 2.67. The Bertz CT molecular complexity index is 145. The maximum absolute atomic E-state index is 2.32. The van der Waals surface area contributed by atoms with E-state index < -0.39 is 0 Å². The Hall–Kier alpha value is 0.700. The Morgan fingerprint density at radius 2 is 0.800 bits per heavy atom. The second-order valence-electron chi connectivity index (χ2n) is 1.92. The molecule has 2 aliphatic heterocycles. The molecule has 0 spiro atoms. The molecule has 0 amide bonds. The van der Waals surface area contributed by atoms with Gasteiger partial charge < -0.3 is 0 Å². The molecule has 0 saturated heterocycles. The average molecular weight is 334 g/mol. The van der Waals surface area contributed by atoms with Crippen LogP contribution in [0.3, 0.4) is 0 Å². The molecule has 0 aliphatic carbocycles. The van der Waals surface area contributed by atoms with Crippen molar-refractivity contribution in [2.24, 2.45) is 0 Å². The third-order valence-corrected chi connectivity index (χ3v) is 6.19. The maximum atomic E-state index is 2.32. The van der Waals surface area contributed by atoms with Gasteiger partial charge in [0.25, 0.3) is 0 Å². The van der Waals surface area contributed by atoms with Gasteiger partial charge in [-0.2, -0.15) is 0 Å². The summed E-state index contributed by atoms with van der Waals surface area (Å²) >= 11 is -0.340. The summed E-state index contributed by atoms with van der Waals surface area (Å²) in [6, 6.07) is 0. The fourth-order valence-electron chi connectivity index (χ4n) is 0.642. The molecule has 0 N–H and O–H groups in total. The fourth-order valence-corrected chi connectivity index (χ4v) is 4.30. The van der Waals surface area contributed by atoms with Crippen LogP contribution in [0.5, 0.6) is 0 Å². The van der Waals surface area contributed by atoms with Crippen molar-refractivity contribution in [3.05, 3.63) is 39.6 Å². The van der Waals surface area contributed by atoms with E-state index in [9.17, 15) is 0 Å². The van der Waals surface area contributed by atoms with Crippen LogP contribution in [0.1, 0.15) is 0 Å². The summed E-state index contributed by atoms with van der Waals surface area (Å²) in [7, 11) is 0. The molecule has 10 heavy (non-hydrogen) atoms. The van der Waals surface area contributed by atoms with Crippen LogP contribution in [-0.2, 0) is 0 Å². The number of hydrogen-bond donors (Lipinski definition) is 0. The molecule has 2 rings (SSSR count). The van der Waals surface area contributed by atoms with E-state index in [1.807, 2.05) is 0 Å². The van der Waals surface area contributed by atoms with Crippen molar-refractivity contribution in [2.75, 3.05) is 0 Å². The molecular weight excluding hydrogens is 326 g/mol. The Morgan fingerprint density at radius 1 is 0.500 bits per heavy atom. The fraction of sp³-hybridized carbons (Fsp3) is 0. The molecule has 0 nitrogen and oxygen atoms in total. The first-order valence-electron chi connectivity index (χ1n) is 3.33. The normalized spacial score (nSPS) is 16.0. The predicted molar refractivity (Wildman–Crippen MR) is 48.1 cm³/mol. The van der Waals surface area contributed by atoms with Crippen molar-refractivity contribution in [1.82, 2.24) is 0 Å². The summed E-state index contributed by atoms with van der Waals surface area (Å²) < 4.78 is 9.26. The Balaban J connectivity index is 0.0000001000. The predicted octanol–water partition coefficient (Wildman–Crippen LogP) is 1.46. The van der Waals surface area contributed by atoms with Gasteiger partial charge in [-0.15, -0.1) is 0 Å². The van der Waals surface area contributed by atoms with E-state index in [0.717, 1.165) is 0 Å². The summed E-state index contributed by atoms with van der Waals surface area (Å²) in [5.41, 5.74) is 0. The standard InChI is InChI=1S/2C4H4.2In/c2*1-3-4-2;;/h2*1-4H;;. The van der Waals surface area contributed by atoms with Gasteiger partial charge in [-0.1, -0.05) is 0 Å². The minimum absolute atomic E-state index is 0.170. The van der Waals surface area contributed by atoms with Crippen LogP contribution in [0.15, 0.2) is 39.6 Å². The zero-order valence-electron chi connectivity index (χ0n) is 5.77. The minimum atomic E-state index is -0.170. The third-order valence-electron chi connectivity index (χ3n) is 1.11. The van der Waals surface area contributed by atoms with Gasteiger partial charge in [0, 0.05) is 0 Å². The van der Waals surface area contributed by atoms with Crippen molar-refractivity contribution in [2.45, 2.75) is 0 Å². The van der Waals surface area contributed by atoms with E-state index in [0.29, 0.717) is 0 Å². The van der Waals surface area contributed by atoms with Crippen LogP contribution in [0, 0.1) is 0 Å². The zero-order chi connectivity index (χ0) is 7.07. The van der Waals surface area contributed by atoms with Crippen LogP contribution in [-0.4, -0.2) is 45.8 Å². The van der Waals surface area contributed by atoms with Gasteiger partial charge >= 0.3 is 85.4 Å². The first-order valence-corrected chi connectivity index (χ1v) is 10.9. The Kier molecular flexibility index (Phi) is 5.64. The van der Waals surface area contributed by atoms with Gasteiger partial charge in [0.1, 0.15) is 0 Å². The summed E-state index contributed by atoms with van der Waals surface area (Å²) in [6.45, 7) is 0. The second kappa shape index (κ2) is 6.41. The molecule has 2 radical (unpaired) electrons. The molecule has 0 aromatic rings. The molecule has 0 atom stereocenters. The van der Waals surface area contributed by atoms with E-state index in [2.05, 4.69) is 39.6 Å². The van der Waals surface area contributed by atoms with Crippen LogP contribution < -0.4 is 0 Å². The van der Waals surface area contributed by atoms with Crippen LogP contribution in [0.2, 0.25) is 0 Å². The van der Waals surface area contributed by atoms with Crippen molar-refractivity contribution >= 4 is 45.8 Å². The third kappa shape index (κ3) is 4.51. The van der Waals surface area contributed by atoms with Gasteiger partial charge in [0.2, 0.25) is 0 Å². The molecule has 0 aromatic heterocycles.